The average Bonchev–Trinajstić information content (AvgIpc) is 2.86. The van der Waals surface area contributed by atoms with E-state index in [1.54, 1.807) is 24.3 Å². The van der Waals surface area contributed by atoms with Crippen molar-refractivity contribution < 1.29 is 19.8 Å². The number of hydrogen-bond donors (Lipinski definition) is 0. The van der Waals surface area contributed by atoms with E-state index >= 15 is 0 Å². The van der Waals surface area contributed by atoms with Crippen LogP contribution in [0.15, 0.2) is 48.5 Å². The van der Waals surface area contributed by atoms with Gasteiger partial charge in [0.25, 0.3) is 0 Å². The Morgan fingerprint density at radius 3 is 1.14 bits per heavy atom. The van der Waals surface area contributed by atoms with E-state index in [0.717, 1.165) is 12.8 Å². The summed E-state index contributed by atoms with van der Waals surface area (Å²) in [5.41, 5.74) is 14.0. The molecule has 37 heavy (non-hydrogen) atoms. The predicted molar refractivity (Wildman–Crippen MR) is 153 cm³/mol. The number of rotatable bonds is 12. The Morgan fingerprint density at radius 2 is 0.919 bits per heavy atom. The van der Waals surface area contributed by atoms with Crippen LogP contribution in [0.1, 0.15) is 112 Å². The second kappa shape index (κ2) is 28.4. The molecular formula is C30H44N2O4Sn-4. The van der Waals surface area contributed by atoms with Crippen LogP contribution in [-0.4, -0.2) is 35.8 Å². The molecule has 0 aromatic heterocycles. The number of hydrogen-bond acceptors (Lipinski definition) is 4. The summed E-state index contributed by atoms with van der Waals surface area (Å²) in [6, 6.07) is 11.8. The number of benzene rings is 2. The van der Waals surface area contributed by atoms with Gasteiger partial charge in [-0.25, -0.2) is 0 Å². The van der Waals surface area contributed by atoms with Gasteiger partial charge in [-0.2, -0.15) is 12.8 Å². The number of carboxylic acids is 2. The minimum Gasteiger partial charge on any atom is -0.698 e. The van der Waals surface area contributed by atoms with Gasteiger partial charge in [0, 0.05) is 0 Å². The van der Waals surface area contributed by atoms with Crippen molar-refractivity contribution in [3.63, 3.8) is 0 Å². The van der Waals surface area contributed by atoms with Gasteiger partial charge in [0.15, 0.2) is 0 Å². The quantitative estimate of drug-likeness (QED) is 0.140. The molecule has 0 bridgehead atoms. The van der Waals surface area contributed by atoms with Crippen molar-refractivity contribution in [1.29, 1.82) is 0 Å². The molecule has 2 aromatic carbocycles. The van der Waals surface area contributed by atoms with Gasteiger partial charge >= 0.3 is 23.9 Å². The smallest absolute Gasteiger partial charge is 0.698 e. The topological polar surface area (TPSA) is 128 Å². The number of carbonyl (C=O) groups excluding carboxylic acids is 2. The van der Waals surface area contributed by atoms with Crippen LogP contribution < -0.4 is 10.2 Å². The summed E-state index contributed by atoms with van der Waals surface area (Å²) in [6.07, 6.45) is 16.0. The SMILES string of the molecule is [CH2-]CCCCCCC.[CH2-]CCCCCCC.[NH-]c1ccccc1C(=O)[O-].[NH-]c1ccccc1C(=O)[O-].[Sn+2]. The van der Waals surface area contributed by atoms with Crippen LogP contribution in [0.2, 0.25) is 0 Å². The fourth-order valence-corrected chi connectivity index (χ4v) is 2.88. The van der Waals surface area contributed by atoms with Gasteiger partial charge in [0.2, 0.25) is 0 Å². The fraction of sp³-hybridized carbons (Fsp3) is 0.467. The van der Waals surface area contributed by atoms with Crippen molar-refractivity contribution in [2.75, 3.05) is 0 Å². The Bertz CT molecular complexity index is 736. The first-order valence-corrected chi connectivity index (χ1v) is 12.9. The van der Waals surface area contributed by atoms with E-state index in [1.165, 1.54) is 88.5 Å². The maximum Gasteiger partial charge on any atom is 2.00 e. The minimum atomic E-state index is -1.30. The normalized spacial score (nSPS) is 9.19. The van der Waals surface area contributed by atoms with Crippen LogP contribution in [0.25, 0.3) is 11.5 Å². The van der Waals surface area contributed by atoms with Crippen LogP contribution in [0.3, 0.4) is 0 Å². The predicted octanol–water partition coefficient (Wildman–Crippen LogP) is 7.45. The van der Waals surface area contributed by atoms with E-state index in [1.807, 2.05) is 0 Å². The van der Waals surface area contributed by atoms with Gasteiger partial charge in [-0.05, 0) is 11.1 Å². The van der Waals surface area contributed by atoms with E-state index in [0.29, 0.717) is 0 Å². The van der Waals surface area contributed by atoms with Crippen LogP contribution >= 0.6 is 0 Å². The minimum absolute atomic E-state index is 0. The molecule has 0 fully saturated rings. The third-order valence-corrected chi connectivity index (χ3v) is 5.00. The maximum atomic E-state index is 10.2. The second-order valence-corrected chi connectivity index (χ2v) is 8.20. The van der Waals surface area contributed by atoms with Gasteiger partial charge in [-0.1, -0.05) is 127 Å². The van der Waals surface area contributed by atoms with Crippen molar-refractivity contribution in [2.45, 2.75) is 90.9 Å². The molecule has 206 valence electrons. The number of unbranched alkanes of at least 4 members (excludes halogenated alkanes) is 10. The van der Waals surface area contributed by atoms with E-state index in [-0.39, 0.29) is 46.4 Å². The maximum absolute atomic E-state index is 10.2. The molecule has 0 amide bonds. The summed E-state index contributed by atoms with van der Waals surface area (Å²) in [7, 11) is 0. The molecule has 2 aromatic rings. The van der Waals surface area contributed by atoms with Crippen molar-refractivity contribution in [3.8, 4) is 0 Å². The van der Waals surface area contributed by atoms with Crippen molar-refractivity contribution in [1.82, 2.24) is 0 Å². The first-order valence-electron chi connectivity index (χ1n) is 12.9. The van der Waals surface area contributed by atoms with Gasteiger partial charge in [0.05, 0.1) is 11.9 Å². The number of carboxylic acid groups (broad SMARTS) is 2. The molecule has 0 saturated carbocycles. The van der Waals surface area contributed by atoms with E-state index < -0.39 is 11.9 Å². The molecule has 0 unspecified atom stereocenters. The van der Waals surface area contributed by atoms with Crippen LogP contribution in [0, 0.1) is 13.8 Å². The Balaban J connectivity index is -0.000000416. The van der Waals surface area contributed by atoms with Gasteiger partial charge in [0.1, 0.15) is 0 Å². The van der Waals surface area contributed by atoms with E-state index in [4.69, 9.17) is 11.5 Å². The molecule has 6 nitrogen and oxygen atoms in total. The Hall–Kier alpha value is -2.22. The van der Waals surface area contributed by atoms with E-state index in [2.05, 4.69) is 27.7 Å². The number of aromatic carboxylic acids is 2. The molecule has 0 atom stereocenters. The first-order chi connectivity index (χ1) is 17.3. The van der Waals surface area contributed by atoms with Crippen molar-refractivity contribution >= 4 is 47.2 Å². The first kappa shape index (κ1) is 39.3. The molecule has 2 radical (unpaired) electrons. The number of carbonyl (C=O) groups is 2. The van der Waals surface area contributed by atoms with Crippen molar-refractivity contribution in [3.05, 3.63) is 85.0 Å². The third-order valence-electron chi connectivity index (χ3n) is 5.00. The van der Waals surface area contributed by atoms with Crippen molar-refractivity contribution in [2.24, 2.45) is 0 Å². The standard InChI is InChI=1S/2C8H17.2C7H6NO2.Sn/c2*1-3-5-7-8-6-4-2;2*8-6-4-2-1-3-5(6)7(9)10;/h2*1,3-8H2,2H3;2*1-4,8H,(H,9,10);/q4*-1;+2/p-2. The fourth-order valence-electron chi connectivity index (χ4n) is 2.88. The molecule has 0 saturated heterocycles. The summed E-state index contributed by atoms with van der Waals surface area (Å²) >= 11 is 0. The van der Waals surface area contributed by atoms with Gasteiger partial charge in [-0.15, -0.1) is 11.4 Å². The molecule has 0 aliphatic carbocycles. The molecule has 0 aliphatic heterocycles. The zero-order valence-electron chi connectivity index (χ0n) is 22.7. The third kappa shape index (κ3) is 23.9. The van der Waals surface area contributed by atoms with Crippen LogP contribution in [0.5, 0.6) is 0 Å². The number of nitrogens with one attached hydrogen (secondary N) is 2. The van der Waals surface area contributed by atoms with Gasteiger partial charge < -0.3 is 45.1 Å². The Kier molecular flexibility index (Phi) is 30.1. The molecule has 2 rings (SSSR count). The Morgan fingerprint density at radius 1 is 0.622 bits per heavy atom. The molecule has 7 heteroatoms. The van der Waals surface area contributed by atoms with Gasteiger partial charge in [-0.3, -0.25) is 0 Å². The van der Waals surface area contributed by atoms with E-state index in [9.17, 15) is 19.8 Å². The van der Waals surface area contributed by atoms with Crippen LogP contribution in [-0.2, 0) is 0 Å². The zero-order valence-corrected chi connectivity index (χ0v) is 25.5. The molecule has 0 heterocycles. The average molecular weight is 615 g/mol. The monoisotopic (exact) mass is 616 g/mol. The summed E-state index contributed by atoms with van der Waals surface area (Å²) in [5, 5.41) is 20.4. The van der Waals surface area contributed by atoms with Crippen LogP contribution in [0.4, 0.5) is 11.4 Å². The zero-order chi connectivity index (χ0) is 27.6. The summed E-state index contributed by atoms with van der Waals surface area (Å²) < 4.78 is 0. The Labute approximate surface area is 242 Å². The molecule has 0 spiro atoms. The second-order valence-electron chi connectivity index (χ2n) is 8.20. The molecule has 0 aliphatic rings. The summed E-state index contributed by atoms with van der Waals surface area (Å²) in [5.74, 6) is -2.60. The molecular weight excluding hydrogens is 571 g/mol. The summed E-state index contributed by atoms with van der Waals surface area (Å²) in [4.78, 5) is 20.4. The summed E-state index contributed by atoms with van der Waals surface area (Å²) in [6.45, 7) is 12.0. The molecule has 2 N–H and O–H groups in total. The largest absolute Gasteiger partial charge is 2.00 e.